The van der Waals surface area contributed by atoms with Crippen molar-refractivity contribution in [3.63, 3.8) is 0 Å². The third-order valence-corrected chi connectivity index (χ3v) is 4.96. The molecule has 1 aliphatic rings. The van der Waals surface area contributed by atoms with Gasteiger partial charge in [-0.05, 0) is 36.7 Å². The highest BCUT2D eigenvalue weighted by atomic mass is 16.5. The van der Waals surface area contributed by atoms with Gasteiger partial charge in [-0.3, -0.25) is 4.79 Å². The molecule has 21 heavy (non-hydrogen) atoms. The smallest absolute Gasteiger partial charge is 0.305 e. The summed E-state index contributed by atoms with van der Waals surface area (Å²) in [6, 6.07) is 10.5. The van der Waals surface area contributed by atoms with E-state index in [0.29, 0.717) is 18.3 Å². The molecule has 0 aromatic heterocycles. The highest BCUT2D eigenvalue weighted by Gasteiger charge is 2.48. The van der Waals surface area contributed by atoms with Crippen LogP contribution in [0.3, 0.4) is 0 Å². The number of allylic oxidation sites excluding steroid dienone is 2. The zero-order valence-electron chi connectivity index (χ0n) is 12.8. The van der Waals surface area contributed by atoms with Crippen molar-refractivity contribution in [3.8, 4) is 0 Å². The number of hydrogen-bond donors (Lipinski definition) is 0. The molecule has 0 heterocycles. The third-order valence-electron chi connectivity index (χ3n) is 4.96. The van der Waals surface area contributed by atoms with Crippen molar-refractivity contribution in [2.75, 3.05) is 7.11 Å². The molecule has 1 unspecified atom stereocenters. The molecular weight excluding hydrogens is 260 g/mol. The number of methoxy groups -OCH3 is 1. The summed E-state index contributed by atoms with van der Waals surface area (Å²) in [5, 5.41) is 0. The van der Waals surface area contributed by atoms with Gasteiger partial charge in [-0.1, -0.05) is 42.5 Å². The number of esters is 1. The van der Waals surface area contributed by atoms with E-state index in [9.17, 15) is 4.79 Å². The van der Waals surface area contributed by atoms with Crippen LogP contribution in [0.5, 0.6) is 0 Å². The first kappa shape index (κ1) is 15.6. The summed E-state index contributed by atoms with van der Waals surface area (Å²) in [5.74, 6) is 0.586. The molecule has 1 saturated carbocycles. The highest BCUT2D eigenvalue weighted by Crippen LogP contribution is 2.53. The fourth-order valence-electron chi connectivity index (χ4n) is 3.91. The van der Waals surface area contributed by atoms with Crippen LogP contribution >= 0.6 is 0 Å². The monoisotopic (exact) mass is 284 g/mol. The van der Waals surface area contributed by atoms with E-state index in [4.69, 9.17) is 4.74 Å². The van der Waals surface area contributed by atoms with Gasteiger partial charge in [0.1, 0.15) is 0 Å². The van der Waals surface area contributed by atoms with Gasteiger partial charge in [0.25, 0.3) is 0 Å². The summed E-state index contributed by atoms with van der Waals surface area (Å²) in [7, 11) is 1.45. The molecule has 0 bridgehead atoms. The van der Waals surface area contributed by atoms with E-state index in [1.807, 2.05) is 18.2 Å². The van der Waals surface area contributed by atoms with Crippen LogP contribution in [0.4, 0.5) is 0 Å². The highest BCUT2D eigenvalue weighted by molar-refractivity contribution is 5.69. The van der Waals surface area contributed by atoms with Crippen LogP contribution < -0.4 is 0 Å². The molecule has 1 aromatic carbocycles. The summed E-state index contributed by atoms with van der Waals surface area (Å²) < 4.78 is 4.84. The lowest BCUT2D eigenvalue weighted by Gasteiger charge is -2.39. The normalized spacial score (nSPS) is 28.0. The second-order valence-corrected chi connectivity index (χ2v) is 5.74. The summed E-state index contributed by atoms with van der Waals surface area (Å²) in [6.07, 6.45) is 7.49. The number of ether oxygens (including phenoxy) is 1. The summed E-state index contributed by atoms with van der Waals surface area (Å²) in [6.45, 7) is 8.06. The Hall–Kier alpha value is -1.83. The van der Waals surface area contributed by atoms with Gasteiger partial charge in [0.2, 0.25) is 0 Å². The van der Waals surface area contributed by atoms with Gasteiger partial charge < -0.3 is 4.74 Å². The predicted octanol–water partition coefficient (Wildman–Crippen LogP) is 4.28. The van der Waals surface area contributed by atoms with E-state index in [-0.39, 0.29) is 11.4 Å². The minimum absolute atomic E-state index is 0.0844. The van der Waals surface area contributed by atoms with Gasteiger partial charge in [0.05, 0.1) is 7.11 Å². The molecule has 2 nitrogen and oxygen atoms in total. The van der Waals surface area contributed by atoms with Gasteiger partial charge in [0.15, 0.2) is 0 Å². The fraction of sp³-hybridized carbons (Fsp3) is 0.421. The Balaban J connectivity index is 2.43. The Kier molecular flexibility index (Phi) is 5.00. The standard InChI is InChI=1S/C19H24O2/c1-4-15-11-12-16(5-2)19(15,14-13-18(20)21-3)17-9-7-6-8-10-17/h4-10,15-16H,1-2,11-14H2,3H3/t15-,16+,19?. The van der Waals surface area contributed by atoms with Crippen molar-refractivity contribution >= 4 is 5.97 Å². The van der Waals surface area contributed by atoms with Crippen molar-refractivity contribution in [2.24, 2.45) is 11.8 Å². The SMILES string of the molecule is C=C[C@@H]1CC[C@H](C=C)C1(CCC(=O)OC)c1ccccc1. The molecule has 0 saturated heterocycles. The van der Waals surface area contributed by atoms with Crippen molar-refractivity contribution in [2.45, 2.75) is 31.1 Å². The molecule has 0 radical (unpaired) electrons. The van der Waals surface area contributed by atoms with Crippen LogP contribution in [0, 0.1) is 11.8 Å². The van der Waals surface area contributed by atoms with E-state index in [1.54, 1.807) is 0 Å². The lowest BCUT2D eigenvalue weighted by Crippen LogP contribution is -2.36. The second kappa shape index (κ2) is 6.75. The van der Waals surface area contributed by atoms with Gasteiger partial charge in [-0.2, -0.15) is 0 Å². The Morgan fingerprint density at radius 1 is 1.24 bits per heavy atom. The molecule has 1 aromatic rings. The lowest BCUT2D eigenvalue weighted by molar-refractivity contribution is -0.141. The van der Waals surface area contributed by atoms with E-state index in [0.717, 1.165) is 19.3 Å². The van der Waals surface area contributed by atoms with Crippen LogP contribution in [0.2, 0.25) is 0 Å². The van der Waals surface area contributed by atoms with E-state index < -0.39 is 0 Å². The Bertz CT molecular complexity index is 488. The van der Waals surface area contributed by atoms with E-state index in [2.05, 4.69) is 37.4 Å². The van der Waals surface area contributed by atoms with Crippen LogP contribution in [0.15, 0.2) is 55.6 Å². The zero-order valence-corrected chi connectivity index (χ0v) is 12.8. The van der Waals surface area contributed by atoms with Gasteiger partial charge in [-0.15, -0.1) is 13.2 Å². The maximum atomic E-state index is 11.7. The van der Waals surface area contributed by atoms with Gasteiger partial charge >= 0.3 is 5.97 Å². The maximum Gasteiger partial charge on any atom is 0.305 e. The largest absolute Gasteiger partial charge is 0.469 e. The predicted molar refractivity (Wildman–Crippen MR) is 86.0 cm³/mol. The minimum atomic E-state index is -0.150. The van der Waals surface area contributed by atoms with E-state index in [1.165, 1.54) is 12.7 Å². The van der Waals surface area contributed by atoms with Crippen molar-refractivity contribution in [1.82, 2.24) is 0 Å². The number of carbonyl (C=O) groups is 1. The Labute approximate surface area is 127 Å². The number of hydrogen-bond acceptors (Lipinski definition) is 2. The molecular formula is C19H24O2. The topological polar surface area (TPSA) is 26.3 Å². The average molecular weight is 284 g/mol. The molecule has 1 fully saturated rings. The quantitative estimate of drug-likeness (QED) is 0.576. The average Bonchev–Trinajstić information content (AvgIpc) is 2.91. The number of benzene rings is 1. The summed E-state index contributed by atoms with van der Waals surface area (Å²) >= 11 is 0. The minimum Gasteiger partial charge on any atom is -0.469 e. The Morgan fingerprint density at radius 2 is 1.81 bits per heavy atom. The molecule has 0 spiro atoms. The first-order valence-electron chi connectivity index (χ1n) is 7.56. The van der Waals surface area contributed by atoms with Crippen molar-refractivity contribution in [1.29, 1.82) is 0 Å². The molecule has 2 rings (SSSR count). The van der Waals surface area contributed by atoms with Crippen LogP contribution in [0.1, 0.15) is 31.2 Å². The second-order valence-electron chi connectivity index (χ2n) is 5.74. The lowest BCUT2D eigenvalue weighted by atomic mass is 9.64. The first-order chi connectivity index (χ1) is 10.2. The summed E-state index contributed by atoms with van der Waals surface area (Å²) in [4.78, 5) is 11.7. The van der Waals surface area contributed by atoms with Gasteiger partial charge in [0, 0.05) is 11.8 Å². The Morgan fingerprint density at radius 3 is 2.29 bits per heavy atom. The van der Waals surface area contributed by atoms with Crippen molar-refractivity contribution in [3.05, 3.63) is 61.2 Å². The van der Waals surface area contributed by atoms with Crippen molar-refractivity contribution < 1.29 is 9.53 Å². The number of rotatable bonds is 6. The molecule has 112 valence electrons. The van der Waals surface area contributed by atoms with Crippen LogP contribution in [-0.4, -0.2) is 13.1 Å². The maximum absolute atomic E-state index is 11.7. The number of carbonyl (C=O) groups excluding carboxylic acids is 1. The van der Waals surface area contributed by atoms with Crippen LogP contribution in [-0.2, 0) is 14.9 Å². The molecule has 1 aliphatic carbocycles. The third kappa shape index (κ3) is 2.80. The first-order valence-corrected chi connectivity index (χ1v) is 7.56. The molecule has 3 atom stereocenters. The molecule has 0 aliphatic heterocycles. The zero-order chi connectivity index (χ0) is 15.3. The van der Waals surface area contributed by atoms with Crippen LogP contribution in [0.25, 0.3) is 0 Å². The molecule has 0 amide bonds. The van der Waals surface area contributed by atoms with Gasteiger partial charge in [-0.25, -0.2) is 0 Å². The molecule has 2 heteroatoms. The summed E-state index contributed by atoms with van der Waals surface area (Å²) in [5.41, 5.74) is 1.19. The molecule has 0 N–H and O–H groups in total. The van der Waals surface area contributed by atoms with E-state index >= 15 is 0 Å². The fourth-order valence-corrected chi connectivity index (χ4v) is 3.91.